The number of benzene rings is 1. The molecule has 0 saturated heterocycles. The van der Waals surface area contributed by atoms with Gasteiger partial charge in [-0.3, -0.25) is 9.79 Å². The zero-order valence-electron chi connectivity index (χ0n) is 19.3. The van der Waals surface area contributed by atoms with Crippen molar-refractivity contribution < 1.29 is 26.4 Å². The van der Waals surface area contributed by atoms with E-state index in [-0.39, 0.29) is 29.1 Å². The van der Waals surface area contributed by atoms with E-state index in [4.69, 9.17) is 11.5 Å². The quantitative estimate of drug-likeness (QED) is 0.224. The van der Waals surface area contributed by atoms with Gasteiger partial charge in [-0.2, -0.15) is 13.2 Å². The van der Waals surface area contributed by atoms with Crippen LogP contribution in [0, 0.1) is 5.92 Å². The second kappa shape index (κ2) is 10.4. The maximum absolute atomic E-state index is 12.7. The van der Waals surface area contributed by atoms with Crippen molar-refractivity contribution in [2.45, 2.75) is 61.6 Å². The molecule has 9 nitrogen and oxygen atoms in total. The number of primary amides is 1. The van der Waals surface area contributed by atoms with Crippen LogP contribution in [0.4, 0.5) is 18.9 Å². The van der Waals surface area contributed by atoms with Crippen LogP contribution in [0.25, 0.3) is 0 Å². The molecule has 1 amide bonds. The number of amidine groups is 1. The maximum atomic E-state index is 12.7. The van der Waals surface area contributed by atoms with Crippen LogP contribution in [-0.2, 0) is 14.6 Å². The Bertz CT molecular complexity index is 1140. The van der Waals surface area contributed by atoms with Gasteiger partial charge in [0.2, 0.25) is 0 Å². The molecule has 1 aromatic rings. The first-order valence-corrected chi connectivity index (χ1v) is 12.6. The Hall–Kier alpha value is -2.93. The predicted molar refractivity (Wildman–Crippen MR) is 127 cm³/mol. The number of alkyl halides is 3. The lowest BCUT2D eigenvalue weighted by atomic mass is 9.79. The van der Waals surface area contributed by atoms with Gasteiger partial charge >= 0.3 is 5.51 Å². The molecule has 2 aliphatic rings. The lowest BCUT2D eigenvalue weighted by Crippen LogP contribution is -2.48. The van der Waals surface area contributed by atoms with Crippen molar-refractivity contribution in [3.05, 3.63) is 36.0 Å². The van der Waals surface area contributed by atoms with Gasteiger partial charge in [0.1, 0.15) is 5.84 Å². The third-order valence-corrected chi connectivity index (χ3v) is 7.37. The van der Waals surface area contributed by atoms with Gasteiger partial charge in [0.15, 0.2) is 0 Å². The fourth-order valence-electron chi connectivity index (χ4n) is 4.14. The first kappa shape index (κ1) is 26.7. The Morgan fingerprint density at radius 2 is 1.83 bits per heavy atom. The van der Waals surface area contributed by atoms with Crippen molar-refractivity contribution in [1.82, 2.24) is 10.6 Å². The minimum Gasteiger partial charge on any atom is -0.387 e. The summed E-state index contributed by atoms with van der Waals surface area (Å²) in [6.45, 7) is 4.93. The van der Waals surface area contributed by atoms with Crippen LogP contribution in [0.5, 0.6) is 0 Å². The molecule has 0 aromatic heterocycles. The highest BCUT2D eigenvalue weighted by Gasteiger charge is 2.46. The number of rotatable bonds is 9. The molecular weight excluding hydrogens is 485 g/mol. The van der Waals surface area contributed by atoms with E-state index in [1.807, 2.05) is 0 Å². The average molecular weight is 515 g/mol. The SMILES string of the molecule is CC(C)N[C@@H]1CC[C@H](N/C=C(/C(N)=O)C(N)=Nc2ccc(S(=O)(=O)C(F)(F)F)cc2)[C@@H](C2=NC2)C1. The molecule has 0 bridgehead atoms. The second-order valence-corrected chi connectivity index (χ2v) is 10.8. The highest BCUT2D eigenvalue weighted by Crippen LogP contribution is 2.32. The molecule has 192 valence electrons. The van der Waals surface area contributed by atoms with Crippen LogP contribution in [0.15, 0.2) is 50.9 Å². The maximum Gasteiger partial charge on any atom is 0.501 e. The molecule has 6 N–H and O–H groups in total. The molecule has 3 atom stereocenters. The van der Waals surface area contributed by atoms with Gasteiger partial charge in [0.05, 0.1) is 22.7 Å². The first-order chi connectivity index (χ1) is 16.3. The number of hydrogen-bond acceptors (Lipinski definition) is 7. The Labute approximate surface area is 201 Å². The number of amides is 1. The Kier molecular flexibility index (Phi) is 7.90. The van der Waals surface area contributed by atoms with Crippen molar-refractivity contribution in [3.8, 4) is 0 Å². The molecule has 0 spiro atoms. The van der Waals surface area contributed by atoms with Crippen LogP contribution >= 0.6 is 0 Å². The van der Waals surface area contributed by atoms with E-state index in [0.29, 0.717) is 12.1 Å². The van der Waals surface area contributed by atoms with Gasteiger partial charge in [-0.05, 0) is 43.5 Å². The van der Waals surface area contributed by atoms with Gasteiger partial charge in [0.25, 0.3) is 15.7 Å². The van der Waals surface area contributed by atoms with Crippen LogP contribution in [-0.4, -0.2) is 56.1 Å². The minimum atomic E-state index is -5.48. The molecular formula is C22H29F3N6O3S. The number of halogens is 3. The average Bonchev–Trinajstić information content (AvgIpc) is 3.59. The van der Waals surface area contributed by atoms with E-state index in [1.54, 1.807) is 0 Å². The van der Waals surface area contributed by atoms with E-state index in [0.717, 1.165) is 55.8 Å². The normalized spacial score (nSPS) is 23.7. The van der Waals surface area contributed by atoms with Crippen molar-refractivity contribution in [2.75, 3.05) is 6.54 Å². The standard InChI is InChI=1S/C22H29F3N6O3S/c1-12(2)30-14-5-8-18(16(9-14)19-11-29-19)28-10-17(21(27)32)20(26)31-13-3-6-15(7-4-13)35(33,34)22(23,24)25/h3-4,6-7,10,12,14,16,18,28,30H,5,8-9,11H2,1-2H3,(H2,26,31)(H2,27,32)/b17-10+/t14-,16+,18+/m1/s1. The number of hydrogen-bond donors (Lipinski definition) is 4. The van der Waals surface area contributed by atoms with E-state index >= 15 is 0 Å². The second-order valence-electron chi connectivity index (χ2n) is 8.88. The third kappa shape index (κ3) is 6.60. The lowest BCUT2D eigenvalue weighted by Gasteiger charge is -2.36. The number of aliphatic imine (C=N–C) groups is 2. The molecule has 1 fully saturated rings. The first-order valence-electron chi connectivity index (χ1n) is 11.1. The zero-order chi connectivity index (χ0) is 26.0. The van der Waals surface area contributed by atoms with Crippen LogP contribution in [0.1, 0.15) is 33.1 Å². The number of nitrogens with zero attached hydrogens (tertiary/aromatic N) is 2. The molecule has 1 aliphatic heterocycles. The molecule has 3 rings (SSSR count). The number of carbonyl (C=O) groups excluding carboxylic acids is 1. The molecule has 0 radical (unpaired) electrons. The van der Waals surface area contributed by atoms with E-state index in [2.05, 4.69) is 34.5 Å². The summed E-state index contributed by atoms with van der Waals surface area (Å²) in [5.74, 6) is -0.899. The molecule has 0 unspecified atom stereocenters. The summed E-state index contributed by atoms with van der Waals surface area (Å²) in [6, 6.07) is 4.42. The van der Waals surface area contributed by atoms with E-state index in [1.165, 1.54) is 6.20 Å². The minimum absolute atomic E-state index is 0.0236. The van der Waals surface area contributed by atoms with Crippen LogP contribution in [0.3, 0.4) is 0 Å². The number of carbonyl (C=O) groups is 1. The van der Waals surface area contributed by atoms with Gasteiger partial charge in [-0.15, -0.1) is 0 Å². The molecule has 1 aliphatic carbocycles. The Morgan fingerprint density at radius 1 is 1.20 bits per heavy atom. The summed E-state index contributed by atoms with van der Waals surface area (Å²) in [4.78, 5) is 19.5. The van der Waals surface area contributed by atoms with Crippen molar-refractivity contribution >= 4 is 33.0 Å². The summed E-state index contributed by atoms with van der Waals surface area (Å²) < 4.78 is 61.1. The molecule has 1 heterocycles. The topological polar surface area (TPSA) is 152 Å². The van der Waals surface area contributed by atoms with Crippen LogP contribution in [0.2, 0.25) is 0 Å². The molecule has 35 heavy (non-hydrogen) atoms. The molecule has 1 saturated carbocycles. The monoisotopic (exact) mass is 514 g/mol. The van der Waals surface area contributed by atoms with Crippen LogP contribution < -0.4 is 22.1 Å². The van der Waals surface area contributed by atoms with Crippen molar-refractivity contribution in [3.63, 3.8) is 0 Å². The number of nitrogens with one attached hydrogen (secondary N) is 2. The van der Waals surface area contributed by atoms with Gasteiger partial charge in [0, 0.05) is 36.0 Å². The smallest absolute Gasteiger partial charge is 0.387 e. The van der Waals surface area contributed by atoms with Gasteiger partial charge < -0.3 is 22.1 Å². The van der Waals surface area contributed by atoms with E-state index < -0.39 is 26.1 Å². The van der Waals surface area contributed by atoms with Crippen molar-refractivity contribution in [1.29, 1.82) is 0 Å². The van der Waals surface area contributed by atoms with Gasteiger partial charge in [-0.1, -0.05) is 13.8 Å². The van der Waals surface area contributed by atoms with E-state index in [9.17, 15) is 26.4 Å². The predicted octanol–water partition coefficient (Wildman–Crippen LogP) is 1.92. The fourth-order valence-corrected chi connectivity index (χ4v) is 4.90. The molecule has 13 heteroatoms. The highest BCUT2D eigenvalue weighted by atomic mass is 32.2. The largest absolute Gasteiger partial charge is 0.501 e. The summed E-state index contributed by atoms with van der Waals surface area (Å²) in [7, 11) is -5.48. The third-order valence-electron chi connectivity index (χ3n) is 5.87. The fraction of sp³-hybridized carbons (Fsp3) is 0.500. The summed E-state index contributed by atoms with van der Waals surface area (Å²) in [6.07, 6.45) is 4.09. The van der Waals surface area contributed by atoms with Crippen molar-refractivity contribution in [2.24, 2.45) is 27.4 Å². The lowest BCUT2D eigenvalue weighted by molar-refractivity contribution is -0.114. The summed E-state index contributed by atoms with van der Waals surface area (Å²) in [5, 5.41) is 6.78. The number of nitrogens with two attached hydrogens (primary N) is 2. The number of sulfone groups is 1. The Balaban J connectivity index is 1.75. The highest BCUT2D eigenvalue weighted by molar-refractivity contribution is 7.92. The van der Waals surface area contributed by atoms with Gasteiger partial charge in [-0.25, -0.2) is 13.4 Å². The molecule has 1 aromatic carbocycles. The summed E-state index contributed by atoms with van der Waals surface area (Å²) >= 11 is 0. The summed E-state index contributed by atoms with van der Waals surface area (Å²) in [5.41, 5.74) is 7.09. The zero-order valence-corrected chi connectivity index (χ0v) is 20.2. The Morgan fingerprint density at radius 3 is 2.34 bits per heavy atom.